The van der Waals surface area contributed by atoms with Gasteiger partial charge >= 0.3 is 0 Å². The number of aromatic nitrogens is 1. The van der Waals surface area contributed by atoms with Crippen molar-refractivity contribution in [3.05, 3.63) is 28.4 Å². The predicted molar refractivity (Wildman–Crippen MR) is 64.1 cm³/mol. The molecule has 7 heteroatoms. The Morgan fingerprint density at radius 2 is 2.24 bits per heavy atom. The molecule has 0 saturated carbocycles. The lowest BCUT2D eigenvalue weighted by molar-refractivity contribution is -0.385. The van der Waals surface area contributed by atoms with Crippen LogP contribution in [-0.2, 0) is 4.74 Å². The van der Waals surface area contributed by atoms with E-state index in [4.69, 9.17) is 4.74 Å². The van der Waals surface area contributed by atoms with Gasteiger partial charge in [-0.25, -0.2) is 4.98 Å². The Bertz CT molecular complexity index is 342. The third kappa shape index (κ3) is 5.23. The zero-order valence-electron chi connectivity index (χ0n) is 9.68. The van der Waals surface area contributed by atoms with Crippen molar-refractivity contribution in [2.24, 2.45) is 0 Å². The highest BCUT2D eigenvalue weighted by Gasteiger charge is 2.04. The molecule has 0 saturated heterocycles. The molecule has 94 valence electrons. The quantitative estimate of drug-likeness (QED) is 0.394. The van der Waals surface area contributed by atoms with Crippen molar-refractivity contribution in [3.63, 3.8) is 0 Å². The lowest BCUT2D eigenvalue weighted by Crippen LogP contribution is -2.25. The van der Waals surface area contributed by atoms with E-state index in [1.807, 2.05) is 0 Å². The molecule has 1 aromatic heterocycles. The molecule has 0 aliphatic carbocycles. The maximum atomic E-state index is 10.4. The van der Waals surface area contributed by atoms with Gasteiger partial charge < -0.3 is 15.4 Å². The van der Waals surface area contributed by atoms with Crippen LogP contribution >= 0.6 is 0 Å². The van der Waals surface area contributed by atoms with Crippen LogP contribution in [0.5, 0.6) is 0 Å². The van der Waals surface area contributed by atoms with Gasteiger partial charge in [0.05, 0.1) is 11.5 Å². The Labute approximate surface area is 99.3 Å². The van der Waals surface area contributed by atoms with E-state index in [0.29, 0.717) is 19.0 Å². The smallest absolute Gasteiger partial charge is 0.287 e. The van der Waals surface area contributed by atoms with Gasteiger partial charge in [0.2, 0.25) is 0 Å². The first-order valence-electron chi connectivity index (χ1n) is 5.28. The van der Waals surface area contributed by atoms with Crippen LogP contribution < -0.4 is 10.6 Å². The Morgan fingerprint density at radius 1 is 1.41 bits per heavy atom. The molecule has 0 aromatic carbocycles. The van der Waals surface area contributed by atoms with Crippen LogP contribution in [0, 0.1) is 10.1 Å². The van der Waals surface area contributed by atoms with E-state index in [-0.39, 0.29) is 5.69 Å². The van der Waals surface area contributed by atoms with Gasteiger partial charge in [-0.3, -0.25) is 10.1 Å². The molecule has 0 unspecified atom stereocenters. The summed E-state index contributed by atoms with van der Waals surface area (Å²) in [7, 11) is 1.65. The fourth-order valence-corrected chi connectivity index (χ4v) is 1.18. The molecule has 1 heterocycles. The highest BCUT2D eigenvalue weighted by Crippen LogP contribution is 2.11. The molecule has 0 spiro atoms. The summed E-state index contributed by atoms with van der Waals surface area (Å²) in [6.45, 7) is 2.96. The minimum atomic E-state index is -0.469. The zero-order chi connectivity index (χ0) is 12.5. The summed E-state index contributed by atoms with van der Waals surface area (Å²) < 4.78 is 4.88. The lowest BCUT2D eigenvalue weighted by atomic mass is 10.4. The molecule has 0 amide bonds. The van der Waals surface area contributed by atoms with Crippen molar-refractivity contribution < 1.29 is 9.66 Å². The number of nitrogens with zero attached hydrogens (tertiary/aromatic N) is 2. The van der Waals surface area contributed by atoms with E-state index < -0.39 is 4.92 Å². The van der Waals surface area contributed by atoms with Crippen molar-refractivity contribution in [1.82, 2.24) is 10.3 Å². The highest BCUT2D eigenvalue weighted by molar-refractivity contribution is 5.39. The molecule has 0 aliphatic rings. The average Bonchev–Trinajstić information content (AvgIpc) is 2.34. The van der Waals surface area contributed by atoms with Crippen molar-refractivity contribution >= 4 is 11.5 Å². The third-order valence-corrected chi connectivity index (χ3v) is 2.05. The van der Waals surface area contributed by atoms with E-state index in [2.05, 4.69) is 15.6 Å². The Kier molecular flexibility index (Phi) is 5.91. The third-order valence-electron chi connectivity index (χ3n) is 2.05. The summed E-state index contributed by atoms with van der Waals surface area (Å²) in [5.74, 6) is 0.629. The maximum absolute atomic E-state index is 10.4. The van der Waals surface area contributed by atoms with Gasteiger partial charge in [0.1, 0.15) is 12.0 Å². The van der Waals surface area contributed by atoms with E-state index in [9.17, 15) is 10.1 Å². The summed E-state index contributed by atoms with van der Waals surface area (Å²) in [4.78, 5) is 13.9. The van der Waals surface area contributed by atoms with Gasteiger partial charge in [0.25, 0.3) is 5.69 Å². The maximum Gasteiger partial charge on any atom is 0.287 e. The van der Waals surface area contributed by atoms with Crippen LogP contribution in [0.4, 0.5) is 11.5 Å². The number of methoxy groups -OCH3 is 1. The second kappa shape index (κ2) is 7.53. The van der Waals surface area contributed by atoms with Gasteiger partial charge in [-0.15, -0.1) is 0 Å². The average molecular weight is 240 g/mol. The monoisotopic (exact) mass is 240 g/mol. The summed E-state index contributed by atoms with van der Waals surface area (Å²) in [5.41, 5.74) is -0.00577. The normalized spacial score (nSPS) is 10.2. The number of ether oxygens (including phenoxy) is 1. The summed E-state index contributed by atoms with van der Waals surface area (Å²) in [5, 5.41) is 16.6. The Morgan fingerprint density at radius 3 is 2.82 bits per heavy atom. The molecule has 17 heavy (non-hydrogen) atoms. The lowest BCUT2D eigenvalue weighted by Gasteiger charge is -2.06. The molecule has 0 atom stereocenters. The molecule has 2 N–H and O–H groups in total. The van der Waals surface area contributed by atoms with E-state index in [1.165, 1.54) is 12.3 Å². The first kappa shape index (κ1) is 13.3. The van der Waals surface area contributed by atoms with E-state index in [1.54, 1.807) is 13.2 Å². The number of nitrogens with one attached hydrogen (secondary N) is 2. The van der Waals surface area contributed by atoms with Gasteiger partial charge in [0.15, 0.2) is 0 Å². The first-order valence-corrected chi connectivity index (χ1v) is 5.28. The minimum Gasteiger partial charge on any atom is -0.383 e. The molecule has 1 aromatic rings. The van der Waals surface area contributed by atoms with E-state index >= 15 is 0 Å². The zero-order valence-corrected chi connectivity index (χ0v) is 9.68. The molecule has 0 radical (unpaired) electrons. The number of rotatable bonds is 8. The van der Waals surface area contributed by atoms with Crippen LogP contribution in [0.3, 0.4) is 0 Å². The predicted octanol–water partition coefficient (Wildman–Crippen LogP) is 0.638. The second-order valence-corrected chi connectivity index (χ2v) is 3.33. The van der Waals surface area contributed by atoms with Crippen LogP contribution in [0.2, 0.25) is 0 Å². The van der Waals surface area contributed by atoms with Gasteiger partial charge in [-0.2, -0.15) is 0 Å². The molecule has 7 nitrogen and oxygen atoms in total. The number of nitro groups is 1. The Hall–Kier alpha value is -1.73. The Balaban J connectivity index is 2.21. The molecule has 0 fully saturated rings. The number of pyridine rings is 1. The van der Waals surface area contributed by atoms with Crippen molar-refractivity contribution in [3.8, 4) is 0 Å². The van der Waals surface area contributed by atoms with Crippen molar-refractivity contribution in [1.29, 1.82) is 0 Å². The highest BCUT2D eigenvalue weighted by atomic mass is 16.6. The van der Waals surface area contributed by atoms with E-state index in [0.717, 1.165) is 13.1 Å². The molecular weight excluding hydrogens is 224 g/mol. The minimum absolute atomic E-state index is 0.00577. The summed E-state index contributed by atoms with van der Waals surface area (Å²) in [6.07, 6.45) is 1.24. The topological polar surface area (TPSA) is 89.3 Å². The van der Waals surface area contributed by atoms with Crippen LogP contribution in [0.25, 0.3) is 0 Å². The number of hydrogen-bond donors (Lipinski definition) is 2. The van der Waals surface area contributed by atoms with Crippen LogP contribution in [-0.4, -0.2) is 43.3 Å². The van der Waals surface area contributed by atoms with Gasteiger partial charge in [-0.1, -0.05) is 0 Å². The van der Waals surface area contributed by atoms with Gasteiger partial charge in [-0.05, 0) is 6.07 Å². The van der Waals surface area contributed by atoms with Gasteiger partial charge in [0, 0.05) is 32.8 Å². The van der Waals surface area contributed by atoms with Crippen LogP contribution in [0.15, 0.2) is 18.3 Å². The van der Waals surface area contributed by atoms with Crippen molar-refractivity contribution in [2.75, 3.05) is 38.7 Å². The van der Waals surface area contributed by atoms with Crippen molar-refractivity contribution in [2.45, 2.75) is 0 Å². The molecular formula is C10H16N4O3. The van der Waals surface area contributed by atoms with Crippen LogP contribution in [0.1, 0.15) is 0 Å². The SMILES string of the molecule is COCCNCCNc1ccc([N+](=O)[O-])cn1. The second-order valence-electron chi connectivity index (χ2n) is 3.33. The standard InChI is InChI=1S/C10H16N4O3/c1-17-7-6-11-4-5-12-10-3-2-9(8-13-10)14(15)16/h2-3,8,11H,4-7H2,1H3,(H,12,13). The number of anilines is 1. The summed E-state index contributed by atoms with van der Waals surface area (Å²) in [6, 6.07) is 3.01. The fourth-order valence-electron chi connectivity index (χ4n) is 1.18. The molecule has 0 aliphatic heterocycles. The number of hydrogen-bond acceptors (Lipinski definition) is 6. The fraction of sp³-hybridized carbons (Fsp3) is 0.500. The molecule has 1 rings (SSSR count). The first-order chi connectivity index (χ1) is 8.24. The summed E-state index contributed by atoms with van der Waals surface area (Å²) >= 11 is 0. The largest absolute Gasteiger partial charge is 0.383 e. The molecule has 0 bridgehead atoms.